The molecule has 0 aromatic heterocycles. The molecule has 1 saturated heterocycles. The number of ether oxygens (including phenoxy) is 1. The predicted octanol–water partition coefficient (Wildman–Crippen LogP) is 1.63. The lowest BCUT2D eigenvalue weighted by molar-refractivity contribution is -0.0440. The number of halogens is 1. The first-order valence-electron chi connectivity index (χ1n) is 9.61. The molecular formula is C19H31FN4O3S. The van der Waals surface area contributed by atoms with Gasteiger partial charge in [-0.2, -0.15) is 4.31 Å². The summed E-state index contributed by atoms with van der Waals surface area (Å²) in [4.78, 5) is 4.41. The van der Waals surface area contributed by atoms with Crippen LogP contribution in [0.4, 0.5) is 4.39 Å². The number of benzene rings is 1. The van der Waals surface area contributed by atoms with Crippen LogP contribution in [0, 0.1) is 12.7 Å². The summed E-state index contributed by atoms with van der Waals surface area (Å²) < 4.78 is 45.9. The monoisotopic (exact) mass is 414 g/mol. The minimum Gasteiger partial charge on any atom is -0.373 e. The molecular weight excluding hydrogens is 383 g/mol. The third-order valence-corrected chi connectivity index (χ3v) is 6.24. The fourth-order valence-corrected chi connectivity index (χ4v) is 4.52. The molecule has 2 unspecified atom stereocenters. The molecule has 9 heteroatoms. The summed E-state index contributed by atoms with van der Waals surface area (Å²) in [5.41, 5.74) is 1.35. The summed E-state index contributed by atoms with van der Waals surface area (Å²) in [5, 5.41) is 6.12. The van der Waals surface area contributed by atoms with E-state index in [9.17, 15) is 12.8 Å². The number of hydrogen-bond acceptors (Lipinski definition) is 4. The van der Waals surface area contributed by atoms with Crippen molar-refractivity contribution in [3.05, 3.63) is 35.1 Å². The number of sulfonamides is 1. The number of nitrogens with one attached hydrogen (secondary N) is 2. The number of aliphatic imine (C=N–C) groups is 1. The number of rotatable bonds is 7. The van der Waals surface area contributed by atoms with Gasteiger partial charge in [-0.05, 0) is 44.9 Å². The van der Waals surface area contributed by atoms with Crippen molar-refractivity contribution in [3.63, 3.8) is 0 Å². The summed E-state index contributed by atoms with van der Waals surface area (Å²) >= 11 is 0. The second-order valence-corrected chi connectivity index (χ2v) is 9.18. The van der Waals surface area contributed by atoms with E-state index in [1.165, 1.54) is 10.4 Å². The molecule has 2 atom stereocenters. The topological polar surface area (TPSA) is 83.0 Å². The van der Waals surface area contributed by atoms with Crippen LogP contribution >= 0.6 is 0 Å². The third-order valence-electron chi connectivity index (χ3n) is 4.43. The van der Waals surface area contributed by atoms with E-state index in [-0.39, 0.29) is 30.3 Å². The fraction of sp³-hybridized carbons (Fsp3) is 0.632. The van der Waals surface area contributed by atoms with Crippen molar-refractivity contribution in [2.75, 3.05) is 31.9 Å². The van der Waals surface area contributed by atoms with Gasteiger partial charge in [0.2, 0.25) is 10.0 Å². The van der Waals surface area contributed by atoms with Gasteiger partial charge in [0.15, 0.2) is 5.96 Å². The first-order chi connectivity index (χ1) is 13.2. The van der Waals surface area contributed by atoms with Gasteiger partial charge in [0, 0.05) is 26.2 Å². The van der Waals surface area contributed by atoms with Crippen molar-refractivity contribution in [2.24, 2.45) is 4.99 Å². The molecule has 0 saturated carbocycles. The molecule has 7 nitrogen and oxygen atoms in total. The molecule has 0 amide bonds. The average molecular weight is 415 g/mol. The lowest BCUT2D eigenvalue weighted by Crippen LogP contribution is -2.50. The van der Waals surface area contributed by atoms with Gasteiger partial charge in [-0.25, -0.2) is 17.8 Å². The summed E-state index contributed by atoms with van der Waals surface area (Å²) in [6, 6.07) is 5.02. The largest absolute Gasteiger partial charge is 0.373 e. The smallest absolute Gasteiger partial charge is 0.216 e. The molecule has 2 rings (SSSR count). The minimum atomic E-state index is -3.38. The number of nitrogens with zero attached hydrogens (tertiary/aromatic N) is 2. The van der Waals surface area contributed by atoms with E-state index in [0.29, 0.717) is 37.7 Å². The van der Waals surface area contributed by atoms with Gasteiger partial charge in [-0.1, -0.05) is 12.1 Å². The molecule has 1 aliphatic heterocycles. The molecule has 0 spiro atoms. The van der Waals surface area contributed by atoms with Gasteiger partial charge in [-0.15, -0.1) is 0 Å². The maximum Gasteiger partial charge on any atom is 0.216 e. The molecule has 158 valence electrons. The van der Waals surface area contributed by atoms with Crippen LogP contribution < -0.4 is 10.6 Å². The normalized spacial score (nSPS) is 21.5. The Kier molecular flexibility index (Phi) is 8.21. The van der Waals surface area contributed by atoms with Crippen molar-refractivity contribution in [1.29, 1.82) is 0 Å². The Morgan fingerprint density at radius 3 is 2.57 bits per heavy atom. The maximum atomic E-state index is 13.7. The SMILES string of the molecule is CCNC(=NCc1ccc(C)c(F)c1)NCCS(=O)(=O)N1CC(C)OC(C)C1. The second kappa shape index (κ2) is 10.2. The van der Waals surface area contributed by atoms with Crippen LogP contribution in [-0.2, 0) is 21.3 Å². The summed E-state index contributed by atoms with van der Waals surface area (Å²) in [6.45, 7) is 9.31. The highest BCUT2D eigenvalue weighted by Crippen LogP contribution is 2.14. The maximum absolute atomic E-state index is 13.7. The molecule has 0 radical (unpaired) electrons. The molecule has 0 aliphatic carbocycles. The molecule has 1 heterocycles. The third kappa shape index (κ3) is 6.72. The van der Waals surface area contributed by atoms with Crippen molar-refractivity contribution in [1.82, 2.24) is 14.9 Å². The molecule has 1 aromatic rings. The van der Waals surface area contributed by atoms with Crippen LogP contribution in [0.15, 0.2) is 23.2 Å². The Bertz CT molecular complexity index is 775. The van der Waals surface area contributed by atoms with Crippen LogP contribution in [0.5, 0.6) is 0 Å². The Hall–Kier alpha value is -1.71. The zero-order chi connectivity index (χ0) is 20.7. The van der Waals surface area contributed by atoms with Gasteiger partial charge >= 0.3 is 0 Å². The van der Waals surface area contributed by atoms with Crippen LogP contribution in [0.1, 0.15) is 31.9 Å². The van der Waals surface area contributed by atoms with Gasteiger partial charge < -0.3 is 15.4 Å². The van der Waals surface area contributed by atoms with Crippen LogP contribution in [0.2, 0.25) is 0 Å². The van der Waals surface area contributed by atoms with Gasteiger partial charge in [0.05, 0.1) is 24.5 Å². The van der Waals surface area contributed by atoms with E-state index in [4.69, 9.17) is 4.74 Å². The Balaban J connectivity index is 1.92. The standard InChI is InChI=1S/C19H31FN4O3S/c1-5-21-19(23-11-17-7-6-14(2)18(20)10-17)22-8-9-28(25,26)24-12-15(3)27-16(4)13-24/h6-7,10,15-16H,5,8-9,11-13H2,1-4H3,(H2,21,22,23). The lowest BCUT2D eigenvalue weighted by atomic mass is 10.1. The number of morpholine rings is 1. The van der Waals surface area contributed by atoms with Gasteiger partial charge in [-0.3, -0.25) is 0 Å². The lowest BCUT2D eigenvalue weighted by Gasteiger charge is -2.34. The van der Waals surface area contributed by atoms with Crippen molar-refractivity contribution >= 4 is 16.0 Å². The van der Waals surface area contributed by atoms with Crippen molar-refractivity contribution in [3.8, 4) is 0 Å². The number of hydrogen-bond donors (Lipinski definition) is 2. The second-order valence-electron chi connectivity index (χ2n) is 7.10. The zero-order valence-electron chi connectivity index (χ0n) is 17.0. The summed E-state index contributed by atoms with van der Waals surface area (Å²) in [5.74, 6) is 0.212. The highest BCUT2D eigenvalue weighted by molar-refractivity contribution is 7.89. The average Bonchev–Trinajstić information content (AvgIpc) is 2.61. The van der Waals surface area contributed by atoms with Crippen molar-refractivity contribution < 1.29 is 17.5 Å². The van der Waals surface area contributed by atoms with Crippen molar-refractivity contribution in [2.45, 2.75) is 46.4 Å². The van der Waals surface area contributed by atoms with E-state index in [1.807, 2.05) is 26.8 Å². The Morgan fingerprint density at radius 1 is 1.29 bits per heavy atom. The highest BCUT2D eigenvalue weighted by Gasteiger charge is 2.30. The van der Waals surface area contributed by atoms with E-state index in [0.717, 1.165) is 5.56 Å². The Labute approximate surface area is 167 Å². The summed E-state index contributed by atoms with van der Waals surface area (Å²) in [6.07, 6.45) is -0.222. The molecule has 1 aromatic carbocycles. The van der Waals surface area contributed by atoms with Gasteiger partial charge in [0.25, 0.3) is 0 Å². The minimum absolute atomic E-state index is 0.0317. The molecule has 1 aliphatic rings. The quantitative estimate of drug-likeness (QED) is 0.523. The fourth-order valence-electron chi connectivity index (χ4n) is 3.03. The predicted molar refractivity (Wildman–Crippen MR) is 109 cm³/mol. The first-order valence-corrected chi connectivity index (χ1v) is 11.2. The highest BCUT2D eigenvalue weighted by atomic mass is 32.2. The van der Waals surface area contributed by atoms with E-state index >= 15 is 0 Å². The molecule has 2 N–H and O–H groups in total. The number of aryl methyl sites for hydroxylation is 1. The summed E-state index contributed by atoms with van der Waals surface area (Å²) in [7, 11) is -3.38. The van der Waals surface area contributed by atoms with E-state index < -0.39 is 10.0 Å². The molecule has 0 bridgehead atoms. The molecule has 28 heavy (non-hydrogen) atoms. The zero-order valence-corrected chi connectivity index (χ0v) is 17.9. The van der Waals surface area contributed by atoms with Gasteiger partial charge in [0.1, 0.15) is 5.82 Å². The number of guanidine groups is 1. The first kappa shape index (κ1) is 22.6. The Morgan fingerprint density at radius 2 is 1.96 bits per heavy atom. The van der Waals surface area contributed by atoms with E-state index in [1.54, 1.807) is 13.0 Å². The molecule has 1 fully saturated rings. The van der Waals surface area contributed by atoms with Crippen LogP contribution in [0.25, 0.3) is 0 Å². The van der Waals surface area contributed by atoms with Crippen LogP contribution in [-0.4, -0.2) is 62.8 Å². The van der Waals surface area contributed by atoms with Crippen LogP contribution in [0.3, 0.4) is 0 Å². The van der Waals surface area contributed by atoms with E-state index in [2.05, 4.69) is 15.6 Å².